The van der Waals surface area contributed by atoms with Gasteiger partial charge in [0.1, 0.15) is 28.9 Å². The molecule has 6 nitrogen and oxygen atoms in total. The molecule has 0 amide bonds. The molecule has 0 saturated heterocycles. The first kappa shape index (κ1) is 15.6. The Hall–Kier alpha value is -2.89. The summed E-state index contributed by atoms with van der Waals surface area (Å²) in [7, 11) is 0. The van der Waals surface area contributed by atoms with Crippen LogP contribution in [0.15, 0.2) is 36.8 Å². The monoisotopic (exact) mass is 337 g/mol. The molecule has 3 aromatic rings. The fraction of sp³-hybridized carbons (Fsp3) is 0.316. The topological polar surface area (TPSA) is 77.1 Å². The summed E-state index contributed by atoms with van der Waals surface area (Å²) in [5, 5.41) is 0. The SMILES string of the molecule is CCOC(=O)c1c[nH]c2c(-c3ccccc3OCC3CC3)ncnc12. The Morgan fingerprint density at radius 1 is 1.28 bits per heavy atom. The van der Waals surface area contributed by atoms with Gasteiger partial charge < -0.3 is 14.5 Å². The number of fused-ring (bicyclic) bond motifs is 1. The van der Waals surface area contributed by atoms with Gasteiger partial charge in [-0.3, -0.25) is 0 Å². The fourth-order valence-electron chi connectivity index (χ4n) is 2.79. The molecule has 25 heavy (non-hydrogen) atoms. The van der Waals surface area contributed by atoms with Gasteiger partial charge in [-0.15, -0.1) is 0 Å². The summed E-state index contributed by atoms with van der Waals surface area (Å²) in [6.45, 7) is 2.83. The molecule has 1 N–H and O–H groups in total. The fourth-order valence-corrected chi connectivity index (χ4v) is 2.79. The van der Waals surface area contributed by atoms with Crippen molar-refractivity contribution >= 4 is 17.0 Å². The summed E-state index contributed by atoms with van der Waals surface area (Å²) in [5.74, 6) is 1.07. The minimum Gasteiger partial charge on any atom is -0.493 e. The highest BCUT2D eigenvalue weighted by atomic mass is 16.5. The second kappa shape index (κ2) is 6.55. The maximum atomic E-state index is 12.1. The molecule has 0 bridgehead atoms. The smallest absolute Gasteiger partial charge is 0.341 e. The first-order valence-corrected chi connectivity index (χ1v) is 8.49. The van der Waals surface area contributed by atoms with Gasteiger partial charge in [-0.05, 0) is 37.8 Å². The number of H-pyrrole nitrogens is 1. The number of ether oxygens (including phenoxy) is 2. The molecule has 1 fully saturated rings. The Bertz CT molecular complexity index is 915. The van der Waals surface area contributed by atoms with Crippen LogP contribution in [0.2, 0.25) is 0 Å². The molecule has 0 aliphatic heterocycles. The van der Waals surface area contributed by atoms with E-state index < -0.39 is 5.97 Å². The average molecular weight is 337 g/mol. The lowest BCUT2D eigenvalue weighted by Crippen LogP contribution is -2.04. The van der Waals surface area contributed by atoms with E-state index >= 15 is 0 Å². The van der Waals surface area contributed by atoms with E-state index in [1.807, 2.05) is 24.3 Å². The molecule has 0 atom stereocenters. The molecule has 0 spiro atoms. The summed E-state index contributed by atoms with van der Waals surface area (Å²) >= 11 is 0. The predicted octanol–water partition coefficient (Wildman–Crippen LogP) is 3.59. The van der Waals surface area contributed by atoms with Crippen LogP contribution in [0.4, 0.5) is 0 Å². The van der Waals surface area contributed by atoms with Crippen LogP contribution in [0.1, 0.15) is 30.1 Å². The van der Waals surface area contributed by atoms with Gasteiger partial charge >= 0.3 is 5.97 Å². The summed E-state index contributed by atoms with van der Waals surface area (Å²) < 4.78 is 11.1. The van der Waals surface area contributed by atoms with Crippen molar-refractivity contribution in [2.75, 3.05) is 13.2 Å². The van der Waals surface area contributed by atoms with Crippen LogP contribution in [-0.2, 0) is 4.74 Å². The Morgan fingerprint density at radius 3 is 2.92 bits per heavy atom. The number of nitrogens with one attached hydrogen (secondary N) is 1. The van der Waals surface area contributed by atoms with Gasteiger partial charge in [0.2, 0.25) is 0 Å². The van der Waals surface area contributed by atoms with Crippen molar-refractivity contribution in [3.05, 3.63) is 42.4 Å². The second-order valence-corrected chi connectivity index (χ2v) is 6.12. The van der Waals surface area contributed by atoms with Crippen LogP contribution in [0.3, 0.4) is 0 Å². The number of aromatic amines is 1. The van der Waals surface area contributed by atoms with E-state index in [-0.39, 0.29) is 0 Å². The van der Waals surface area contributed by atoms with Crippen molar-refractivity contribution in [1.82, 2.24) is 15.0 Å². The summed E-state index contributed by atoms with van der Waals surface area (Å²) in [5.41, 5.74) is 3.27. The third-order valence-corrected chi connectivity index (χ3v) is 4.27. The molecule has 1 aliphatic rings. The first-order chi connectivity index (χ1) is 12.3. The molecular weight excluding hydrogens is 318 g/mol. The van der Waals surface area contributed by atoms with Gasteiger partial charge in [0.05, 0.1) is 18.7 Å². The second-order valence-electron chi connectivity index (χ2n) is 6.12. The van der Waals surface area contributed by atoms with Crippen molar-refractivity contribution < 1.29 is 14.3 Å². The average Bonchev–Trinajstić information content (AvgIpc) is 3.36. The number of aromatic nitrogens is 3. The summed E-state index contributed by atoms with van der Waals surface area (Å²) in [4.78, 5) is 23.9. The van der Waals surface area contributed by atoms with Crippen LogP contribution in [0, 0.1) is 5.92 Å². The molecule has 4 rings (SSSR count). The number of hydrogen-bond donors (Lipinski definition) is 1. The van der Waals surface area contributed by atoms with Gasteiger partial charge in [0.25, 0.3) is 0 Å². The maximum Gasteiger partial charge on any atom is 0.341 e. The molecule has 1 aliphatic carbocycles. The van der Waals surface area contributed by atoms with Crippen LogP contribution in [0.25, 0.3) is 22.3 Å². The Kier molecular flexibility index (Phi) is 4.09. The highest BCUT2D eigenvalue weighted by molar-refractivity contribution is 6.05. The molecule has 6 heteroatoms. The van der Waals surface area contributed by atoms with Crippen molar-refractivity contribution in [2.24, 2.45) is 5.92 Å². The van der Waals surface area contributed by atoms with Crippen LogP contribution in [-0.4, -0.2) is 34.1 Å². The van der Waals surface area contributed by atoms with Gasteiger partial charge in [-0.25, -0.2) is 14.8 Å². The molecule has 0 unspecified atom stereocenters. The Morgan fingerprint density at radius 2 is 2.12 bits per heavy atom. The van der Waals surface area contributed by atoms with Gasteiger partial charge in [-0.1, -0.05) is 12.1 Å². The van der Waals surface area contributed by atoms with E-state index in [4.69, 9.17) is 9.47 Å². The molecule has 2 heterocycles. The standard InChI is InChI=1S/C19H19N3O3/c1-2-24-19(23)14-9-20-18-16(21-11-22-17(14)18)13-5-3-4-6-15(13)25-10-12-7-8-12/h3-6,9,11-12,20H,2,7-8,10H2,1H3. The maximum absolute atomic E-state index is 12.1. The van der Waals surface area contributed by atoms with E-state index in [0.717, 1.165) is 17.9 Å². The number of carbonyl (C=O) groups excluding carboxylic acids is 1. The minimum atomic E-state index is -0.392. The van der Waals surface area contributed by atoms with Crippen molar-refractivity contribution in [3.63, 3.8) is 0 Å². The van der Waals surface area contributed by atoms with Crippen molar-refractivity contribution in [3.8, 4) is 17.0 Å². The lowest BCUT2D eigenvalue weighted by Gasteiger charge is -2.11. The number of para-hydroxylation sites is 1. The van der Waals surface area contributed by atoms with E-state index in [1.165, 1.54) is 19.2 Å². The molecule has 2 aromatic heterocycles. The third kappa shape index (κ3) is 3.07. The molecule has 0 radical (unpaired) electrons. The van der Waals surface area contributed by atoms with Gasteiger partial charge in [-0.2, -0.15) is 0 Å². The van der Waals surface area contributed by atoms with Crippen molar-refractivity contribution in [2.45, 2.75) is 19.8 Å². The normalized spacial score (nSPS) is 13.8. The van der Waals surface area contributed by atoms with Crippen LogP contribution < -0.4 is 4.74 Å². The molecule has 1 saturated carbocycles. The minimum absolute atomic E-state index is 0.321. The molecular formula is C19H19N3O3. The van der Waals surface area contributed by atoms with Gasteiger partial charge in [0, 0.05) is 11.8 Å². The zero-order valence-corrected chi connectivity index (χ0v) is 14.0. The van der Waals surface area contributed by atoms with Crippen molar-refractivity contribution in [1.29, 1.82) is 0 Å². The molecule has 1 aromatic carbocycles. The summed E-state index contributed by atoms with van der Waals surface area (Å²) in [6, 6.07) is 7.81. The number of rotatable bonds is 6. The largest absolute Gasteiger partial charge is 0.493 e. The van der Waals surface area contributed by atoms with Gasteiger partial charge in [0.15, 0.2) is 0 Å². The van der Waals surface area contributed by atoms with E-state index in [1.54, 1.807) is 13.1 Å². The first-order valence-electron chi connectivity index (χ1n) is 8.49. The zero-order chi connectivity index (χ0) is 17.2. The number of nitrogens with zero attached hydrogens (tertiary/aromatic N) is 2. The lowest BCUT2D eigenvalue weighted by atomic mass is 10.1. The van der Waals surface area contributed by atoms with Crippen LogP contribution >= 0.6 is 0 Å². The van der Waals surface area contributed by atoms with E-state index in [9.17, 15) is 4.79 Å². The Balaban J connectivity index is 1.75. The number of carbonyl (C=O) groups is 1. The van der Waals surface area contributed by atoms with Crippen LogP contribution in [0.5, 0.6) is 5.75 Å². The lowest BCUT2D eigenvalue weighted by molar-refractivity contribution is 0.0528. The Labute approximate surface area is 145 Å². The zero-order valence-electron chi connectivity index (χ0n) is 14.0. The van der Waals surface area contributed by atoms with E-state index in [0.29, 0.717) is 34.8 Å². The number of benzene rings is 1. The highest BCUT2D eigenvalue weighted by Gasteiger charge is 2.23. The quantitative estimate of drug-likeness (QED) is 0.696. The molecule has 128 valence electrons. The highest BCUT2D eigenvalue weighted by Crippen LogP contribution is 2.35. The predicted molar refractivity (Wildman–Crippen MR) is 93.5 cm³/mol. The summed E-state index contributed by atoms with van der Waals surface area (Å²) in [6.07, 6.45) is 5.55. The third-order valence-electron chi connectivity index (χ3n) is 4.27. The van der Waals surface area contributed by atoms with E-state index in [2.05, 4.69) is 15.0 Å². The number of esters is 1. The number of hydrogen-bond acceptors (Lipinski definition) is 5.